The summed E-state index contributed by atoms with van der Waals surface area (Å²) in [7, 11) is 1.21. The Hall–Kier alpha value is -1.08. The molecule has 1 aliphatic rings. The first-order valence-corrected chi connectivity index (χ1v) is 5.29. The number of methoxy groups -OCH3 is 1. The zero-order valence-electron chi connectivity index (χ0n) is 8.43. The van der Waals surface area contributed by atoms with Gasteiger partial charge in [-0.15, -0.1) is 0 Å². The summed E-state index contributed by atoms with van der Waals surface area (Å²) < 4.78 is 4.44. The van der Waals surface area contributed by atoms with E-state index >= 15 is 0 Å². The first kappa shape index (κ1) is 12.0. The third-order valence-electron chi connectivity index (χ3n) is 2.18. The number of imide groups is 1. The molecule has 2 N–H and O–H groups in total. The van der Waals surface area contributed by atoms with Crippen LogP contribution >= 0.6 is 11.8 Å². The van der Waals surface area contributed by atoms with Crippen LogP contribution in [0.3, 0.4) is 0 Å². The van der Waals surface area contributed by atoms with Gasteiger partial charge in [0.05, 0.1) is 18.9 Å². The average Bonchev–Trinajstić information content (AvgIpc) is 2.55. The van der Waals surface area contributed by atoms with Gasteiger partial charge in [0.15, 0.2) is 0 Å². The lowest BCUT2D eigenvalue weighted by molar-refractivity contribution is -0.144. The number of amides is 2. The van der Waals surface area contributed by atoms with Gasteiger partial charge in [0.25, 0.3) is 5.24 Å². The fourth-order valence-electron chi connectivity index (χ4n) is 1.25. The molecule has 0 radical (unpaired) electrons. The molecule has 0 spiro atoms. The lowest BCUT2D eigenvalue weighted by Gasteiger charge is -2.25. The second-order valence-corrected chi connectivity index (χ2v) is 4.03. The number of esters is 1. The quantitative estimate of drug-likeness (QED) is 0.664. The molecule has 0 aromatic rings. The van der Waals surface area contributed by atoms with Gasteiger partial charge in [-0.2, -0.15) is 0 Å². The number of thioether (sulfide) groups is 1. The Kier molecular flexibility index (Phi) is 3.70. The largest absolute Gasteiger partial charge is 0.468 e. The van der Waals surface area contributed by atoms with E-state index in [0.29, 0.717) is 0 Å². The minimum absolute atomic E-state index is 0.108. The van der Waals surface area contributed by atoms with Crippen molar-refractivity contribution in [2.45, 2.75) is 19.0 Å². The highest BCUT2D eigenvalue weighted by Gasteiger charge is 2.38. The van der Waals surface area contributed by atoms with E-state index in [-0.39, 0.29) is 16.9 Å². The first-order valence-electron chi connectivity index (χ1n) is 4.31. The highest BCUT2D eigenvalue weighted by atomic mass is 32.2. The van der Waals surface area contributed by atoms with Gasteiger partial charge in [0, 0.05) is 0 Å². The minimum atomic E-state index is -0.999. The van der Waals surface area contributed by atoms with E-state index in [1.54, 1.807) is 6.92 Å². The Bertz CT molecular complexity index is 291. The maximum atomic E-state index is 11.3. The Balaban J connectivity index is 2.75. The zero-order valence-corrected chi connectivity index (χ0v) is 9.24. The highest BCUT2D eigenvalue weighted by molar-refractivity contribution is 8.14. The van der Waals surface area contributed by atoms with Gasteiger partial charge < -0.3 is 10.5 Å². The van der Waals surface area contributed by atoms with Gasteiger partial charge in [-0.05, 0) is 6.92 Å². The molecule has 0 unspecified atom stereocenters. The lowest BCUT2D eigenvalue weighted by atomic mass is 10.1. The number of carbonyl (C=O) groups excluding carboxylic acids is 3. The summed E-state index contributed by atoms with van der Waals surface area (Å²) in [6.07, 6.45) is 0. The summed E-state index contributed by atoms with van der Waals surface area (Å²) in [5.41, 5.74) is 5.55. The van der Waals surface area contributed by atoms with E-state index < -0.39 is 18.1 Å². The van der Waals surface area contributed by atoms with Crippen LogP contribution in [-0.4, -0.2) is 47.0 Å². The van der Waals surface area contributed by atoms with E-state index in [1.165, 1.54) is 7.11 Å². The Morgan fingerprint density at radius 1 is 1.60 bits per heavy atom. The predicted molar refractivity (Wildman–Crippen MR) is 54.2 cm³/mol. The Labute approximate surface area is 91.1 Å². The van der Waals surface area contributed by atoms with Crippen molar-refractivity contribution in [3.8, 4) is 0 Å². The van der Waals surface area contributed by atoms with Crippen molar-refractivity contribution in [2.75, 3.05) is 12.9 Å². The molecule has 0 aliphatic carbocycles. The van der Waals surface area contributed by atoms with Crippen LogP contribution < -0.4 is 5.73 Å². The molecule has 1 fully saturated rings. The second-order valence-electron chi connectivity index (χ2n) is 3.11. The van der Waals surface area contributed by atoms with Gasteiger partial charge in [-0.3, -0.25) is 19.3 Å². The Morgan fingerprint density at radius 3 is 2.60 bits per heavy atom. The maximum absolute atomic E-state index is 11.3. The van der Waals surface area contributed by atoms with Gasteiger partial charge in [0.2, 0.25) is 5.91 Å². The first-order chi connectivity index (χ1) is 6.99. The lowest BCUT2D eigenvalue weighted by Crippen LogP contribution is -2.52. The summed E-state index contributed by atoms with van der Waals surface area (Å²) in [6.45, 7) is 1.54. The fraction of sp³-hybridized carbons (Fsp3) is 0.625. The van der Waals surface area contributed by atoms with Crippen LogP contribution in [-0.2, 0) is 14.3 Å². The van der Waals surface area contributed by atoms with E-state index in [1.807, 2.05) is 0 Å². The van der Waals surface area contributed by atoms with E-state index in [9.17, 15) is 14.4 Å². The van der Waals surface area contributed by atoms with E-state index in [2.05, 4.69) is 4.74 Å². The van der Waals surface area contributed by atoms with Gasteiger partial charge in [0.1, 0.15) is 6.04 Å². The number of carbonyl (C=O) groups is 3. The van der Waals surface area contributed by atoms with Crippen LogP contribution in [0.15, 0.2) is 0 Å². The minimum Gasteiger partial charge on any atom is -0.468 e. The van der Waals surface area contributed by atoms with E-state index in [4.69, 9.17) is 5.73 Å². The molecule has 0 aromatic heterocycles. The van der Waals surface area contributed by atoms with Crippen LogP contribution in [0.4, 0.5) is 4.79 Å². The van der Waals surface area contributed by atoms with Crippen LogP contribution in [0.5, 0.6) is 0 Å². The molecule has 6 nitrogen and oxygen atoms in total. The zero-order chi connectivity index (χ0) is 11.6. The molecule has 84 valence electrons. The molecule has 1 saturated heterocycles. The normalized spacial score (nSPS) is 20.3. The third-order valence-corrected chi connectivity index (χ3v) is 3.02. The molecule has 1 heterocycles. The molecular formula is C8H12N2O4S. The van der Waals surface area contributed by atoms with Crippen molar-refractivity contribution < 1.29 is 19.1 Å². The smallest absolute Gasteiger partial charge is 0.324 e. The number of nitrogens with zero attached hydrogens (tertiary/aromatic N) is 1. The summed E-state index contributed by atoms with van der Waals surface area (Å²) in [5, 5.41) is -0.369. The molecule has 1 rings (SSSR count). The van der Waals surface area contributed by atoms with Crippen molar-refractivity contribution in [1.82, 2.24) is 4.90 Å². The standard InChI is InChI=1S/C8H12N2O4S/c1-4(6(9)7(12)14-2)10-5(11)3-15-8(10)13/h4,6H,3,9H2,1-2H3/t4-,6+/m0/s1. The van der Waals surface area contributed by atoms with Crippen LogP contribution in [0.1, 0.15) is 6.92 Å². The predicted octanol–water partition coefficient (Wildman–Crippen LogP) is -0.429. The number of hydrogen-bond acceptors (Lipinski definition) is 6. The van der Waals surface area contributed by atoms with Crippen LogP contribution in [0.25, 0.3) is 0 Å². The van der Waals surface area contributed by atoms with E-state index in [0.717, 1.165) is 16.7 Å². The van der Waals surface area contributed by atoms with Crippen molar-refractivity contribution in [1.29, 1.82) is 0 Å². The maximum Gasteiger partial charge on any atom is 0.324 e. The number of rotatable bonds is 3. The third kappa shape index (κ3) is 2.29. The van der Waals surface area contributed by atoms with Crippen LogP contribution in [0.2, 0.25) is 0 Å². The Morgan fingerprint density at radius 2 is 2.20 bits per heavy atom. The van der Waals surface area contributed by atoms with Gasteiger partial charge in [-0.25, -0.2) is 0 Å². The second kappa shape index (κ2) is 4.63. The summed E-state index contributed by atoms with van der Waals surface area (Å²) >= 11 is 0.908. The molecule has 15 heavy (non-hydrogen) atoms. The van der Waals surface area contributed by atoms with Crippen molar-refractivity contribution in [3.63, 3.8) is 0 Å². The molecular weight excluding hydrogens is 220 g/mol. The van der Waals surface area contributed by atoms with Crippen molar-refractivity contribution in [3.05, 3.63) is 0 Å². The monoisotopic (exact) mass is 232 g/mol. The topological polar surface area (TPSA) is 89.7 Å². The fourth-order valence-corrected chi connectivity index (χ4v) is 2.04. The molecule has 0 aromatic carbocycles. The molecule has 7 heteroatoms. The molecule has 2 atom stereocenters. The summed E-state index contributed by atoms with van der Waals surface area (Å²) in [5.74, 6) is -0.853. The van der Waals surface area contributed by atoms with Gasteiger partial charge >= 0.3 is 5.97 Å². The molecule has 1 aliphatic heterocycles. The molecule has 2 amide bonds. The van der Waals surface area contributed by atoms with Crippen LogP contribution in [0, 0.1) is 0 Å². The average molecular weight is 232 g/mol. The molecule has 0 bridgehead atoms. The highest BCUT2D eigenvalue weighted by Crippen LogP contribution is 2.22. The summed E-state index contributed by atoms with van der Waals surface area (Å²) in [6, 6.07) is -1.67. The molecule has 0 saturated carbocycles. The van der Waals surface area contributed by atoms with Crippen molar-refractivity contribution >= 4 is 28.9 Å². The summed E-state index contributed by atoms with van der Waals surface area (Å²) in [4.78, 5) is 34.7. The number of hydrogen-bond donors (Lipinski definition) is 1. The number of ether oxygens (including phenoxy) is 1. The van der Waals surface area contributed by atoms with Crippen molar-refractivity contribution in [2.24, 2.45) is 5.73 Å². The number of nitrogens with two attached hydrogens (primary N) is 1. The van der Waals surface area contributed by atoms with Gasteiger partial charge in [-0.1, -0.05) is 11.8 Å². The SMILES string of the molecule is COC(=O)[C@H](N)[C@H](C)N1C(=O)CSC1=O.